The van der Waals surface area contributed by atoms with E-state index in [4.69, 9.17) is 9.47 Å². The predicted molar refractivity (Wildman–Crippen MR) is 64.1 cm³/mol. The number of fused-ring (bicyclic) bond motifs is 1. The van der Waals surface area contributed by atoms with E-state index in [0.29, 0.717) is 0 Å². The lowest BCUT2D eigenvalue weighted by Crippen LogP contribution is -2.38. The Morgan fingerprint density at radius 1 is 1.44 bits per heavy atom. The molecule has 1 aromatic carbocycles. The van der Waals surface area contributed by atoms with Crippen molar-refractivity contribution in [3.05, 3.63) is 23.8 Å². The summed E-state index contributed by atoms with van der Waals surface area (Å²) in [5, 5.41) is 3.33. The molecule has 1 heterocycles. The smallest absolute Gasteiger partial charge is 0.128 e. The topological polar surface area (TPSA) is 30.5 Å². The first-order valence-corrected chi connectivity index (χ1v) is 5.60. The van der Waals surface area contributed by atoms with Gasteiger partial charge >= 0.3 is 0 Å². The lowest BCUT2D eigenvalue weighted by molar-refractivity contribution is 0.0663. The molecule has 1 unspecified atom stereocenters. The molecule has 1 aliphatic rings. The number of nitrogens with one attached hydrogen (secondary N) is 1. The van der Waals surface area contributed by atoms with Gasteiger partial charge in [-0.1, -0.05) is 6.07 Å². The summed E-state index contributed by atoms with van der Waals surface area (Å²) in [6, 6.07) is 6.23. The third kappa shape index (κ3) is 1.87. The van der Waals surface area contributed by atoms with Crippen molar-refractivity contribution < 1.29 is 9.47 Å². The molecule has 1 atom stereocenters. The van der Waals surface area contributed by atoms with Gasteiger partial charge in [0.1, 0.15) is 17.1 Å². The Morgan fingerprint density at radius 3 is 2.81 bits per heavy atom. The first kappa shape index (κ1) is 11.3. The second kappa shape index (κ2) is 3.98. The minimum absolute atomic E-state index is 0.132. The Labute approximate surface area is 96.8 Å². The van der Waals surface area contributed by atoms with Gasteiger partial charge in [-0.3, -0.25) is 0 Å². The quantitative estimate of drug-likeness (QED) is 0.832. The van der Waals surface area contributed by atoms with Crippen LogP contribution in [0.25, 0.3) is 0 Å². The molecule has 0 saturated heterocycles. The van der Waals surface area contributed by atoms with E-state index in [-0.39, 0.29) is 11.6 Å². The summed E-state index contributed by atoms with van der Waals surface area (Å²) in [5.74, 6) is 1.82. The van der Waals surface area contributed by atoms with Crippen molar-refractivity contribution in [3.63, 3.8) is 0 Å². The average Bonchev–Trinajstić information content (AvgIpc) is 2.25. The highest BCUT2D eigenvalue weighted by atomic mass is 16.5. The lowest BCUT2D eigenvalue weighted by atomic mass is 9.89. The summed E-state index contributed by atoms with van der Waals surface area (Å²) in [4.78, 5) is 0. The molecule has 2 rings (SSSR count). The zero-order valence-corrected chi connectivity index (χ0v) is 10.3. The van der Waals surface area contributed by atoms with Crippen LogP contribution in [0.4, 0.5) is 0 Å². The molecule has 88 valence electrons. The Morgan fingerprint density at radius 2 is 2.19 bits per heavy atom. The fourth-order valence-corrected chi connectivity index (χ4v) is 2.31. The Balaban J connectivity index is 2.50. The van der Waals surface area contributed by atoms with Crippen LogP contribution in [0.1, 0.15) is 31.9 Å². The van der Waals surface area contributed by atoms with Gasteiger partial charge in [-0.25, -0.2) is 0 Å². The first-order chi connectivity index (χ1) is 7.57. The largest absolute Gasteiger partial charge is 0.496 e. The molecule has 0 amide bonds. The number of hydrogen-bond acceptors (Lipinski definition) is 3. The number of rotatable bonds is 2. The van der Waals surface area contributed by atoms with Crippen molar-refractivity contribution in [2.45, 2.75) is 31.9 Å². The van der Waals surface area contributed by atoms with Crippen LogP contribution in [-0.4, -0.2) is 19.8 Å². The normalized spacial score (nSPS) is 22.1. The second-order valence-corrected chi connectivity index (χ2v) is 4.78. The fraction of sp³-hybridized carbons (Fsp3) is 0.538. The first-order valence-electron chi connectivity index (χ1n) is 5.60. The van der Waals surface area contributed by atoms with Gasteiger partial charge < -0.3 is 14.8 Å². The molecule has 16 heavy (non-hydrogen) atoms. The van der Waals surface area contributed by atoms with Gasteiger partial charge in [-0.2, -0.15) is 0 Å². The van der Waals surface area contributed by atoms with Gasteiger partial charge in [0, 0.05) is 12.5 Å². The van der Waals surface area contributed by atoms with Crippen molar-refractivity contribution in [1.29, 1.82) is 0 Å². The van der Waals surface area contributed by atoms with Crippen molar-refractivity contribution in [2.24, 2.45) is 0 Å². The molecule has 1 aromatic rings. The molecule has 0 radical (unpaired) electrons. The molecule has 0 spiro atoms. The zero-order valence-electron chi connectivity index (χ0n) is 10.3. The maximum atomic E-state index is 5.97. The fourth-order valence-electron chi connectivity index (χ4n) is 2.31. The highest BCUT2D eigenvalue weighted by Gasteiger charge is 2.34. The Bertz CT molecular complexity index is 388. The monoisotopic (exact) mass is 221 g/mol. The molecule has 0 saturated carbocycles. The van der Waals surface area contributed by atoms with Crippen LogP contribution in [0.5, 0.6) is 11.5 Å². The molecule has 3 nitrogen and oxygen atoms in total. The van der Waals surface area contributed by atoms with Crippen LogP contribution in [0.3, 0.4) is 0 Å². The van der Waals surface area contributed by atoms with E-state index < -0.39 is 0 Å². The summed E-state index contributed by atoms with van der Waals surface area (Å²) in [7, 11) is 3.67. The Kier molecular flexibility index (Phi) is 2.80. The molecule has 0 bridgehead atoms. The van der Waals surface area contributed by atoms with E-state index >= 15 is 0 Å². The zero-order chi connectivity index (χ0) is 11.8. The van der Waals surface area contributed by atoms with E-state index in [0.717, 1.165) is 23.5 Å². The van der Waals surface area contributed by atoms with Crippen LogP contribution in [0, 0.1) is 0 Å². The number of benzene rings is 1. The molecule has 3 heteroatoms. The molecule has 0 aromatic heterocycles. The van der Waals surface area contributed by atoms with Gasteiger partial charge in [0.05, 0.1) is 12.7 Å². The summed E-state index contributed by atoms with van der Waals surface area (Å²) in [6.45, 7) is 4.22. The molecule has 0 fully saturated rings. The van der Waals surface area contributed by atoms with E-state index in [2.05, 4.69) is 19.2 Å². The maximum Gasteiger partial charge on any atom is 0.128 e. The van der Waals surface area contributed by atoms with Crippen molar-refractivity contribution in [3.8, 4) is 11.5 Å². The summed E-state index contributed by atoms with van der Waals surface area (Å²) >= 11 is 0. The SMILES string of the molecule is CNC1CC(C)(C)Oc2cccc(OC)c21. The summed E-state index contributed by atoms with van der Waals surface area (Å²) < 4.78 is 11.4. The molecule has 1 aliphatic heterocycles. The van der Waals surface area contributed by atoms with E-state index in [9.17, 15) is 0 Å². The van der Waals surface area contributed by atoms with Crippen molar-refractivity contribution in [2.75, 3.05) is 14.2 Å². The van der Waals surface area contributed by atoms with Gasteiger partial charge in [-0.05, 0) is 33.0 Å². The van der Waals surface area contributed by atoms with E-state index in [1.165, 1.54) is 0 Å². The third-order valence-corrected chi connectivity index (χ3v) is 3.02. The van der Waals surface area contributed by atoms with Crippen LogP contribution >= 0.6 is 0 Å². The molecule has 1 N–H and O–H groups in total. The van der Waals surface area contributed by atoms with Crippen molar-refractivity contribution >= 4 is 0 Å². The molecular formula is C13H19NO2. The van der Waals surface area contributed by atoms with Crippen LogP contribution < -0.4 is 14.8 Å². The standard InChI is InChI=1S/C13H19NO2/c1-13(2)8-9(14-3)12-10(15-4)6-5-7-11(12)16-13/h5-7,9,14H,8H2,1-4H3. The summed E-state index contributed by atoms with van der Waals surface area (Å²) in [6.07, 6.45) is 0.941. The minimum Gasteiger partial charge on any atom is -0.496 e. The van der Waals surface area contributed by atoms with E-state index in [1.54, 1.807) is 7.11 Å². The molecule has 0 aliphatic carbocycles. The van der Waals surface area contributed by atoms with Gasteiger partial charge in [0.2, 0.25) is 0 Å². The lowest BCUT2D eigenvalue weighted by Gasteiger charge is -2.38. The average molecular weight is 221 g/mol. The molecular weight excluding hydrogens is 202 g/mol. The number of hydrogen-bond donors (Lipinski definition) is 1. The van der Waals surface area contributed by atoms with Crippen molar-refractivity contribution in [1.82, 2.24) is 5.32 Å². The highest BCUT2D eigenvalue weighted by Crippen LogP contribution is 2.43. The van der Waals surface area contributed by atoms with Gasteiger partial charge in [0.15, 0.2) is 0 Å². The third-order valence-electron chi connectivity index (χ3n) is 3.02. The number of ether oxygens (including phenoxy) is 2. The number of methoxy groups -OCH3 is 1. The second-order valence-electron chi connectivity index (χ2n) is 4.78. The van der Waals surface area contributed by atoms with Gasteiger partial charge in [-0.15, -0.1) is 0 Å². The van der Waals surface area contributed by atoms with Gasteiger partial charge in [0.25, 0.3) is 0 Å². The van der Waals surface area contributed by atoms with Crippen LogP contribution in [0.2, 0.25) is 0 Å². The maximum absolute atomic E-state index is 5.97. The van der Waals surface area contributed by atoms with Crippen LogP contribution in [0.15, 0.2) is 18.2 Å². The van der Waals surface area contributed by atoms with Crippen LogP contribution in [-0.2, 0) is 0 Å². The predicted octanol–water partition coefficient (Wildman–Crippen LogP) is 2.52. The minimum atomic E-state index is -0.132. The Hall–Kier alpha value is -1.22. The van der Waals surface area contributed by atoms with E-state index in [1.807, 2.05) is 25.2 Å². The highest BCUT2D eigenvalue weighted by molar-refractivity contribution is 5.48. The summed E-state index contributed by atoms with van der Waals surface area (Å²) in [5.41, 5.74) is 0.999.